The monoisotopic (exact) mass is 672 g/mol. The Morgan fingerprint density at radius 3 is 1.31 bits per heavy atom. The Hall–Kier alpha value is -2.63. The topological polar surface area (TPSA) is 72.2 Å². The first kappa shape index (κ1) is 35.6. The molecule has 0 spiro atoms. The Morgan fingerprint density at radius 1 is 0.595 bits per heavy atom. The summed E-state index contributed by atoms with van der Waals surface area (Å²) >= 11 is 0. The quantitative estimate of drug-likeness (QED) is 0.203. The molecule has 0 aliphatic rings. The zero-order valence-electron chi connectivity index (χ0n) is 26.4. The van der Waals surface area contributed by atoms with Crippen molar-refractivity contribution in [3.63, 3.8) is 0 Å². The number of sulfonamides is 1. The number of benzene rings is 4. The minimum atomic E-state index is -3.75. The van der Waals surface area contributed by atoms with Gasteiger partial charge in [0, 0.05) is 19.5 Å². The van der Waals surface area contributed by atoms with Crippen LogP contribution in [-0.4, -0.2) is 8.42 Å². The van der Waals surface area contributed by atoms with Crippen LogP contribution in [0.4, 0.5) is 0 Å². The van der Waals surface area contributed by atoms with Gasteiger partial charge < -0.3 is 5.73 Å². The Labute approximate surface area is 267 Å². The fourth-order valence-corrected chi connectivity index (χ4v) is 6.18. The molecule has 0 unspecified atom stereocenters. The molecule has 2 atom stereocenters. The van der Waals surface area contributed by atoms with Gasteiger partial charge in [0.05, 0.1) is 17.0 Å². The molecule has 6 heteroatoms. The Balaban J connectivity index is 0.000000399. The van der Waals surface area contributed by atoms with E-state index >= 15 is 0 Å². The normalized spacial score (nSPS) is 12.9. The Kier molecular flexibility index (Phi) is 12.5. The predicted octanol–water partition coefficient (Wildman–Crippen LogP) is 8.24. The molecule has 0 amide bonds. The van der Waals surface area contributed by atoms with Gasteiger partial charge in [0.15, 0.2) is 0 Å². The molecule has 3 N–H and O–H groups in total. The zero-order chi connectivity index (χ0) is 30.5. The van der Waals surface area contributed by atoms with E-state index in [1.165, 1.54) is 33.4 Å². The van der Waals surface area contributed by atoms with Crippen LogP contribution in [0.15, 0.2) is 89.8 Å². The summed E-state index contributed by atoms with van der Waals surface area (Å²) in [6.07, 6.45) is 0. The fraction of sp³-hybridized carbons (Fsp3) is 0.333. The molecule has 0 aliphatic heterocycles. The number of hydrogen-bond donors (Lipinski definition) is 2. The molecule has 4 rings (SSSR count). The van der Waals surface area contributed by atoms with Crippen molar-refractivity contribution in [1.29, 1.82) is 0 Å². The van der Waals surface area contributed by atoms with Crippen LogP contribution >= 0.6 is 0 Å². The maximum atomic E-state index is 13.1. The van der Waals surface area contributed by atoms with Crippen molar-refractivity contribution in [2.24, 2.45) is 5.73 Å². The van der Waals surface area contributed by atoms with Crippen molar-refractivity contribution in [3.05, 3.63) is 135 Å². The smallest absolute Gasteiger partial charge is 0.241 e. The van der Waals surface area contributed by atoms with Crippen LogP contribution in [0, 0.1) is 41.5 Å². The minimum Gasteiger partial charge on any atom is -0.322 e. The van der Waals surface area contributed by atoms with E-state index in [0.717, 1.165) is 16.7 Å². The van der Waals surface area contributed by atoms with E-state index in [1.807, 2.05) is 72.8 Å². The molecule has 0 aromatic heterocycles. The number of nitrogens with two attached hydrogens (primary N) is 1. The summed E-state index contributed by atoms with van der Waals surface area (Å²) in [6, 6.07) is 24.9. The molecule has 42 heavy (non-hydrogen) atoms. The van der Waals surface area contributed by atoms with Gasteiger partial charge in [0.25, 0.3) is 0 Å². The van der Waals surface area contributed by atoms with E-state index in [-0.39, 0.29) is 29.8 Å². The van der Waals surface area contributed by atoms with Gasteiger partial charge in [-0.25, -0.2) is 13.1 Å². The first-order valence-corrected chi connectivity index (χ1v) is 15.7. The molecule has 4 aromatic rings. The van der Waals surface area contributed by atoms with E-state index in [0.29, 0.717) is 0 Å². The van der Waals surface area contributed by atoms with Crippen LogP contribution < -0.4 is 10.5 Å². The van der Waals surface area contributed by atoms with Crippen LogP contribution in [0.25, 0.3) is 0 Å². The number of nitrogens with one attached hydrogen (secondary N) is 1. The second-order valence-corrected chi connectivity index (χ2v) is 13.7. The Morgan fingerprint density at radius 2 is 0.952 bits per heavy atom. The van der Waals surface area contributed by atoms with Gasteiger partial charge in [-0.15, -0.1) is 0 Å². The summed E-state index contributed by atoms with van der Waals surface area (Å²) in [6.45, 7) is 19.6. The summed E-state index contributed by atoms with van der Waals surface area (Å²) in [4.78, 5) is 0.228. The van der Waals surface area contributed by atoms with Crippen LogP contribution in [0.1, 0.15) is 82.9 Å². The third-order valence-corrected chi connectivity index (χ3v) is 9.85. The van der Waals surface area contributed by atoms with E-state index in [1.54, 1.807) is 12.1 Å². The van der Waals surface area contributed by atoms with Crippen LogP contribution in [0.2, 0.25) is 0 Å². The molecular weight excluding hydrogens is 626 g/mol. The zero-order valence-corrected chi connectivity index (χ0v) is 28.9. The average Bonchev–Trinajstić information content (AvgIpc) is 2.97. The van der Waals surface area contributed by atoms with Crippen molar-refractivity contribution in [2.45, 2.75) is 84.7 Å². The van der Waals surface area contributed by atoms with Gasteiger partial charge in [-0.05, 0) is 109 Å². The van der Waals surface area contributed by atoms with Crippen molar-refractivity contribution < 1.29 is 27.9 Å². The van der Waals surface area contributed by atoms with Gasteiger partial charge in [-0.2, -0.15) is 0 Å². The van der Waals surface area contributed by atoms with Gasteiger partial charge in [0.1, 0.15) is 0 Å². The van der Waals surface area contributed by atoms with Crippen LogP contribution in [-0.2, 0) is 34.9 Å². The molecule has 4 nitrogen and oxygen atoms in total. The molecule has 0 radical (unpaired) electrons. The number of rotatable bonds is 6. The SMILES string of the molecule is CC(C)(C)c1ccc(S(=O)(=O)N[C@@H](c2ccccc2)[C@@H](N)c2ccccc2)cc1.Cc1c(C)c(C)c(C)c(C)c1C.[Ru]. The van der Waals surface area contributed by atoms with Crippen molar-refractivity contribution in [3.8, 4) is 0 Å². The largest absolute Gasteiger partial charge is 0.322 e. The van der Waals surface area contributed by atoms with E-state index < -0.39 is 22.1 Å². The molecule has 0 saturated carbocycles. The van der Waals surface area contributed by atoms with Crippen molar-refractivity contribution in [2.75, 3.05) is 0 Å². The molecule has 0 aliphatic carbocycles. The molecule has 0 heterocycles. The molecule has 0 fully saturated rings. The van der Waals surface area contributed by atoms with E-state index in [4.69, 9.17) is 5.73 Å². The maximum Gasteiger partial charge on any atom is 0.241 e. The first-order valence-electron chi connectivity index (χ1n) is 14.2. The van der Waals surface area contributed by atoms with E-state index in [9.17, 15) is 8.42 Å². The van der Waals surface area contributed by atoms with Gasteiger partial charge in [-0.3, -0.25) is 0 Å². The third-order valence-electron chi connectivity index (χ3n) is 8.39. The molecule has 4 aromatic carbocycles. The molecule has 0 saturated heterocycles. The molecular formula is C36H46N2O2RuS. The summed E-state index contributed by atoms with van der Waals surface area (Å²) in [5.41, 5.74) is 18.0. The second-order valence-electron chi connectivity index (χ2n) is 12.0. The standard InChI is InChI=1S/C24H28N2O2S.C12H18.Ru/c1-24(2,3)20-14-16-21(17-15-20)29(27,28)26-23(19-12-8-5-9-13-19)22(25)18-10-6-4-7-11-18;1-7-8(2)10(4)12(6)11(5)9(7)3;/h4-17,22-23,26H,25H2,1-3H3;1-6H3;/t22-,23-;;/m0../s1. The summed E-state index contributed by atoms with van der Waals surface area (Å²) in [5.74, 6) is 0. The minimum absolute atomic E-state index is 0. The summed E-state index contributed by atoms with van der Waals surface area (Å²) < 4.78 is 29.1. The van der Waals surface area contributed by atoms with Crippen molar-refractivity contribution >= 4 is 10.0 Å². The summed E-state index contributed by atoms with van der Waals surface area (Å²) in [7, 11) is -3.75. The van der Waals surface area contributed by atoms with Gasteiger partial charge in [-0.1, -0.05) is 93.6 Å². The third kappa shape index (κ3) is 8.48. The van der Waals surface area contributed by atoms with E-state index in [2.05, 4.69) is 67.0 Å². The summed E-state index contributed by atoms with van der Waals surface area (Å²) in [5, 5.41) is 0. The Bertz CT molecular complexity index is 1460. The predicted molar refractivity (Wildman–Crippen MR) is 173 cm³/mol. The van der Waals surface area contributed by atoms with Crippen LogP contribution in [0.5, 0.6) is 0 Å². The fourth-order valence-electron chi connectivity index (χ4n) is 4.93. The molecule has 226 valence electrons. The average molecular weight is 672 g/mol. The van der Waals surface area contributed by atoms with Gasteiger partial charge in [0.2, 0.25) is 10.0 Å². The van der Waals surface area contributed by atoms with Crippen LogP contribution in [0.3, 0.4) is 0 Å². The number of hydrogen-bond acceptors (Lipinski definition) is 3. The molecule has 0 bridgehead atoms. The van der Waals surface area contributed by atoms with Gasteiger partial charge >= 0.3 is 0 Å². The second kappa shape index (κ2) is 14.7. The van der Waals surface area contributed by atoms with Crippen molar-refractivity contribution in [1.82, 2.24) is 4.72 Å². The maximum absolute atomic E-state index is 13.1. The first-order chi connectivity index (χ1) is 19.1.